The predicted octanol–water partition coefficient (Wildman–Crippen LogP) is 2.05. The molecule has 0 rings (SSSR count). The minimum absolute atomic E-state index is 0.0603. The number of hydrogen-bond donors (Lipinski definition) is 1. The molecule has 0 bridgehead atoms. The van der Waals surface area contributed by atoms with Gasteiger partial charge in [-0.2, -0.15) is 4.08 Å². The van der Waals surface area contributed by atoms with Gasteiger partial charge in [0.05, 0.1) is 24.9 Å². The highest BCUT2D eigenvalue weighted by molar-refractivity contribution is 7.84. The van der Waals surface area contributed by atoms with Crippen molar-refractivity contribution < 1.29 is 18.2 Å². The summed E-state index contributed by atoms with van der Waals surface area (Å²) in [6, 6.07) is 0. The van der Waals surface area contributed by atoms with E-state index in [0.29, 0.717) is 6.61 Å². The molecule has 0 saturated carbocycles. The van der Waals surface area contributed by atoms with Crippen molar-refractivity contribution in [2.75, 3.05) is 13.2 Å². The van der Waals surface area contributed by atoms with Gasteiger partial charge in [0.15, 0.2) is 0 Å². The Bertz CT molecular complexity index is 213. The van der Waals surface area contributed by atoms with E-state index >= 15 is 0 Å². The lowest BCUT2D eigenvalue weighted by molar-refractivity contribution is -0.142. The van der Waals surface area contributed by atoms with Crippen LogP contribution in [0.15, 0.2) is 0 Å². The zero-order valence-electron chi connectivity index (χ0n) is 6.96. The normalized spacial score (nSPS) is 15.0. The first kappa shape index (κ1) is 13.2. The zero-order chi connectivity index (χ0) is 10.3. The van der Waals surface area contributed by atoms with Crippen molar-refractivity contribution in [1.29, 1.82) is 0 Å². The summed E-state index contributed by atoms with van der Waals surface area (Å²) in [7, 11) is 0. The van der Waals surface area contributed by atoms with Gasteiger partial charge in [-0.05, 0) is 18.2 Å². The number of hydrogen-bond acceptors (Lipinski definition) is 4. The third kappa shape index (κ3) is 7.28. The van der Waals surface area contributed by atoms with Crippen molar-refractivity contribution in [2.24, 2.45) is 0 Å². The van der Waals surface area contributed by atoms with E-state index in [1.807, 2.05) is 0 Å². The molecule has 0 fully saturated rings. The van der Waals surface area contributed by atoms with Crippen molar-refractivity contribution in [2.45, 2.75) is 13.3 Å². The summed E-state index contributed by atoms with van der Waals surface area (Å²) in [5.41, 5.74) is 0. The molecule has 0 aliphatic rings. The van der Waals surface area contributed by atoms with Gasteiger partial charge >= 0.3 is 12.8 Å². The Hall–Kier alpha value is 0.200. The number of carbonyl (C=O) groups excluding carboxylic acids is 1. The summed E-state index contributed by atoms with van der Waals surface area (Å²) in [4.78, 5) is 10.7. The molecule has 0 radical (unpaired) electrons. The quantitative estimate of drug-likeness (QED) is 0.577. The standard InChI is InChI=1S/C5H10Cl2NO4P/c1-2-11-5(9)3-4-8-13(7,10)12-6/h2-4H2,1H3,(H,8,10). The molecule has 1 atom stereocenters. The van der Waals surface area contributed by atoms with Crippen LogP contribution >= 0.6 is 30.0 Å². The molecule has 1 unspecified atom stereocenters. The van der Waals surface area contributed by atoms with E-state index in [1.54, 1.807) is 6.92 Å². The SMILES string of the molecule is CCOC(=O)CCNP(=O)(Cl)OCl. The molecule has 1 N–H and O–H groups in total. The van der Waals surface area contributed by atoms with Gasteiger partial charge in [-0.15, -0.1) is 0 Å². The Morgan fingerprint density at radius 3 is 2.69 bits per heavy atom. The topological polar surface area (TPSA) is 64.6 Å². The minimum Gasteiger partial charge on any atom is -0.466 e. The van der Waals surface area contributed by atoms with Gasteiger partial charge in [-0.1, -0.05) is 0 Å². The zero-order valence-corrected chi connectivity index (χ0v) is 9.36. The highest BCUT2D eigenvalue weighted by Gasteiger charge is 2.18. The van der Waals surface area contributed by atoms with Crippen LogP contribution < -0.4 is 5.09 Å². The molecule has 0 heterocycles. The van der Waals surface area contributed by atoms with Crippen molar-refractivity contribution in [3.05, 3.63) is 0 Å². The molecule has 0 aromatic rings. The molecule has 0 spiro atoms. The monoisotopic (exact) mass is 249 g/mol. The first-order valence-corrected chi connectivity index (χ1v) is 6.36. The van der Waals surface area contributed by atoms with E-state index in [9.17, 15) is 9.36 Å². The summed E-state index contributed by atoms with van der Waals surface area (Å²) in [5.74, 6) is -0.402. The van der Waals surface area contributed by atoms with Gasteiger partial charge < -0.3 is 4.74 Å². The van der Waals surface area contributed by atoms with Crippen LogP contribution in [-0.2, 0) is 18.2 Å². The molecule has 0 saturated heterocycles. The number of ether oxygens (including phenoxy) is 1. The van der Waals surface area contributed by atoms with Crippen molar-refractivity contribution in [3.63, 3.8) is 0 Å². The van der Waals surface area contributed by atoms with E-state index < -0.39 is 12.8 Å². The van der Waals surface area contributed by atoms with Crippen molar-refractivity contribution in [3.8, 4) is 0 Å². The number of nitrogens with one attached hydrogen (secondary N) is 1. The molecule has 8 heteroatoms. The van der Waals surface area contributed by atoms with Crippen LogP contribution in [0, 0.1) is 0 Å². The molecular formula is C5H10Cl2NO4P. The maximum absolute atomic E-state index is 10.9. The van der Waals surface area contributed by atoms with Gasteiger partial charge in [0, 0.05) is 6.54 Å². The number of halogens is 2. The molecular weight excluding hydrogens is 240 g/mol. The maximum atomic E-state index is 10.9. The molecule has 0 aromatic carbocycles. The molecule has 0 aliphatic heterocycles. The van der Waals surface area contributed by atoms with Crippen LogP contribution in [0.4, 0.5) is 0 Å². The van der Waals surface area contributed by atoms with Crippen LogP contribution in [0.3, 0.4) is 0 Å². The Balaban J connectivity index is 3.56. The Morgan fingerprint density at radius 2 is 2.23 bits per heavy atom. The van der Waals surface area contributed by atoms with Crippen molar-refractivity contribution in [1.82, 2.24) is 5.09 Å². The van der Waals surface area contributed by atoms with Crippen LogP contribution in [0.1, 0.15) is 13.3 Å². The van der Waals surface area contributed by atoms with Crippen LogP contribution in [0.2, 0.25) is 0 Å². The van der Waals surface area contributed by atoms with Crippen LogP contribution in [-0.4, -0.2) is 19.1 Å². The first-order valence-electron chi connectivity index (χ1n) is 3.52. The fraction of sp³-hybridized carbons (Fsp3) is 0.800. The lowest BCUT2D eigenvalue weighted by Gasteiger charge is -2.06. The third-order valence-corrected chi connectivity index (χ3v) is 3.16. The molecule has 0 aromatic heterocycles. The molecule has 5 nitrogen and oxygen atoms in total. The fourth-order valence-corrected chi connectivity index (χ4v) is 1.38. The lowest BCUT2D eigenvalue weighted by atomic mass is 10.4. The maximum Gasteiger partial charge on any atom is 0.376 e. The van der Waals surface area contributed by atoms with Crippen LogP contribution in [0.5, 0.6) is 0 Å². The summed E-state index contributed by atoms with van der Waals surface area (Å²) in [6.07, 6.45) is 0.0603. The highest BCUT2D eigenvalue weighted by atomic mass is 35.7. The average Bonchev–Trinajstić information content (AvgIpc) is 2.05. The Morgan fingerprint density at radius 1 is 1.62 bits per heavy atom. The predicted molar refractivity (Wildman–Crippen MR) is 49.7 cm³/mol. The first-order chi connectivity index (χ1) is 6.02. The smallest absolute Gasteiger partial charge is 0.376 e. The summed E-state index contributed by atoms with van der Waals surface area (Å²) < 4.78 is 19.4. The van der Waals surface area contributed by atoms with Crippen molar-refractivity contribution >= 4 is 35.9 Å². The molecule has 13 heavy (non-hydrogen) atoms. The second-order valence-corrected chi connectivity index (χ2v) is 5.17. The lowest BCUT2D eigenvalue weighted by Crippen LogP contribution is -2.15. The van der Waals surface area contributed by atoms with Gasteiger partial charge in [0.25, 0.3) is 0 Å². The number of carbonyl (C=O) groups is 1. The second-order valence-electron chi connectivity index (χ2n) is 2.01. The summed E-state index contributed by atoms with van der Waals surface area (Å²) in [5, 5.41) is 2.26. The highest BCUT2D eigenvalue weighted by Crippen LogP contribution is 2.48. The number of rotatable bonds is 6. The van der Waals surface area contributed by atoms with E-state index in [-0.39, 0.29) is 13.0 Å². The fourth-order valence-electron chi connectivity index (χ4n) is 0.549. The molecule has 78 valence electrons. The number of esters is 1. The third-order valence-electron chi connectivity index (χ3n) is 1.02. The minimum atomic E-state index is -3.47. The van der Waals surface area contributed by atoms with E-state index in [2.05, 4.69) is 13.9 Å². The molecule has 0 amide bonds. The average molecular weight is 250 g/mol. The largest absolute Gasteiger partial charge is 0.466 e. The van der Waals surface area contributed by atoms with Crippen LogP contribution in [0.25, 0.3) is 0 Å². The van der Waals surface area contributed by atoms with Gasteiger partial charge in [0.1, 0.15) is 0 Å². The Labute approximate surface area is 86.1 Å². The van der Waals surface area contributed by atoms with E-state index in [1.165, 1.54) is 0 Å². The van der Waals surface area contributed by atoms with Gasteiger partial charge in [-0.3, -0.25) is 9.36 Å². The Kier molecular flexibility index (Phi) is 6.73. The summed E-state index contributed by atoms with van der Waals surface area (Å²) >= 11 is 10.0. The van der Waals surface area contributed by atoms with Gasteiger partial charge in [-0.25, -0.2) is 5.09 Å². The molecule has 0 aliphatic carbocycles. The second kappa shape index (κ2) is 6.62. The van der Waals surface area contributed by atoms with E-state index in [4.69, 9.17) is 23.1 Å². The van der Waals surface area contributed by atoms with E-state index in [0.717, 1.165) is 0 Å². The van der Waals surface area contributed by atoms with Gasteiger partial charge in [0.2, 0.25) is 0 Å². The summed E-state index contributed by atoms with van der Waals surface area (Å²) in [6.45, 7) is -1.38.